The summed E-state index contributed by atoms with van der Waals surface area (Å²) < 4.78 is 22.9. The molecule has 4 unspecified atom stereocenters. The van der Waals surface area contributed by atoms with Crippen LogP contribution in [0, 0.1) is 13.8 Å². The molecule has 0 fully saturated rings. The van der Waals surface area contributed by atoms with Crippen molar-refractivity contribution in [3.05, 3.63) is 69.2 Å². The fraction of sp³-hybridized carbons (Fsp3) is 0.464. The lowest BCUT2D eigenvalue weighted by Gasteiger charge is -2.42. The van der Waals surface area contributed by atoms with Gasteiger partial charge in [0.05, 0.1) is 31.0 Å². The van der Waals surface area contributed by atoms with E-state index in [0.717, 1.165) is 39.1 Å². The molecule has 0 saturated carbocycles. The molecule has 0 amide bonds. The molecule has 1 aromatic rings. The lowest BCUT2D eigenvalue weighted by molar-refractivity contribution is -0.138. The Morgan fingerprint density at radius 3 is 2.23 bits per heavy atom. The standard InChI is InChI=1S/C28H35NO6/c1-9-35-28(31)23-22(18-10-14(2)25(30)15(3)11-18)17(5)29-16(4)12-20-19(24(23)29)13-21(32-6)27(34-8)26(20)33-7/h10-13,16-17,26-27,30H,9H2,1-8H3. The molecule has 4 atom stereocenters. The maximum atomic E-state index is 13.6. The number of carbonyl (C=O) groups is 1. The first-order chi connectivity index (χ1) is 16.7. The highest BCUT2D eigenvalue weighted by molar-refractivity contribution is 6.06. The van der Waals surface area contributed by atoms with E-state index in [2.05, 4.69) is 24.8 Å². The number of aromatic hydroxyl groups is 1. The Morgan fingerprint density at radius 1 is 1.06 bits per heavy atom. The molecule has 0 saturated heterocycles. The molecular formula is C28H35NO6. The highest BCUT2D eigenvalue weighted by Crippen LogP contribution is 2.49. The smallest absolute Gasteiger partial charge is 0.340 e. The highest BCUT2D eigenvalue weighted by atomic mass is 16.6. The van der Waals surface area contributed by atoms with Crippen molar-refractivity contribution >= 4 is 11.5 Å². The van der Waals surface area contributed by atoms with Crippen molar-refractivity contribution in [2.75, 3.05) is 27.9 Å². The highest BCUT2D eigenvalue weighted by Gasteiger charge is 2.47. The number of phenols is 1. The summed E-state index contributed by atoms with van der Waals surface area (Å²) in [5, 5.41) is 10.4. The number of esters is 1. The minimum atomic E-state index is -0.393. The van der Waals surface area contributed by atoms with Gasteiger partial charge in [-0.2, -0.15) is 0 Å². The first-order valence-corrected chi connectivity index (χ1v) is 12.0. The number of aryl methyl sites for hydroxylation is 2. The summed E-state index contributed by atoms with van der Waals surface area (Å²) in [5.74, 6) is 0.531. The van der Waals surface area contributed by atoms with Crippen molar-refractivity contribution < 1.29 is 28.8 Å². The second-order valence-electron chi connectivity index (χ2n) is 9.24. The number of hydrogen-bond acceptors (Lipinski definition) is 7. The first kappa shape index (κ1) is 25.1. The van der Waals surface area contributed by atoms with Crippen LogP contribution in [0.3, 0.4) is 0 Å². The van der Waals surface area contributed by atoms with Gasteiger partial charge in [0.2, 0.25) is 0 Å². The van der Waals surface area contributed by atoms with Crippen LogP contribution in [0.2, 0.25) is 0 Å². The van der Waals surface area contributed by atoms with Gasteiger partial charge in [-0.15, -0.1) is 0 Å². The number of allylic oxidation sites excluding steroid dienone is 1. The van der Waals surface area contributed by atoms with E-state index < -0.39 is 6.10 Å². The van der Waals surface area contributed by atoms with Gasteiger partial charge < -0.3 is 29.0 Å². The predicted octanol–water partition coefficient (Wildman–Crippen LogP) is 4.19. The Hall–Kier alpha value is -3.03. The van der Waals surface area contributed by atoms with Gasteiger partial charge in [0.15, 0.2) is 0 Å². The lowest BCUT2D eigenvalue weighted by Crippen LogP contribution is -2.44. The Labute approximate surface area is 207 Å². The molecule has 0 spiro atoms. The molecule has 7 heteroatoms. The van der Waals surface area contributed by atoms with E-state index >= 15 is 0 Å². The summed E-state index contributed by atoms with van der Waals surface area (Å²) in [7, 11) is 4.90. The normalized spacial score (nSPS) is 25.8. The molecule has 35 heavy (non-hydrogen) atoms. The average molecular weight is 482 g/mol. The number of benzene rings is 1. The van der Waals surface area contributed by atoms with Gasteiger partial charge in [-0.1, -0.05) is 6.08 Å². The van der Waals surface area contributed by atoms with E-state index in [1.807, 2.05) is 39.0 Å². The first-order valence-electron chi connectivity index (χ1n) is 12.0. The number of rotatable bonds is 6. The van der Waals surface area contributed by atoms with Crippen LogP contribution in [-0.2, 0) is 23.7 Å². The Kier molecular flexibility index (Phi) is 6.84. The van der Waals surface area contributed by atoms with Crippen LogP contribution in [0.4, 0.5) is 0 Å². The summed E-state index contributed by atoms with van der Waals surface area (Å²) in [5.41, 5.74) is 6.49. The zero-order valence-electron chi connectivity index (χ0n) is 21.8. The summed E-state index contributed by atoms with van der Waals surface area (Å²) >= 11 is 0. The second-order valence-corrected chi connectivity index (χ2v) is 9.24. The molecule has 0 bridgehead atoms. The van der Waals surface area contributed by atoms with E-state index in [0.29, 0.717) is 11.3 Å². The van der Waals surface area contributed by atoms with Gasteiger partial charge in [-0.05, 0) is 80.7 Å². The van der Waals surface area contributed by atoms with Gasteiger partial charge in [0, 0.05) is 25.8 Å². The Bertz CT molecular complexity index is 1150. The number of phenolic OH excluding ortho intramolecular Hbond substituents is 1. The van der Waals surface area contributed by atoms with Crippen LogP contribution in [0.1, 0.15) is 37.5 Å². The maximum Gasteiger partial charge on any atom is 0.340 e. The fourth-order valence-corrected chi connectivity index (χ4v) is 5.70. The number of carbonyl (C=O) groups excluding carboxylic acids is 1. The molecule has 0 radical (unpaired) electrons. The van der Waals surface area contributed by atoms with Crippen molar-refractivity contribution in [1.82, 2.24) is 4.90 Å². The van der Waals surface area contributed by atoms with Crippen molar-refractivity contribution in [3.63, 3.8) is 0 Å². The van der Waals surface area contributed by atoms with Gasteiger partial charge in [-0.25, -0.2) is 4.79 Å². The van der Waals surface area contributed by atoms with Crippen LogP contribution in [0.5, 0.6) is 5.75 Å². The number of fused-ring (bicyclic) bond motifs is 2. The maximum absolute atomic E-state index is 13.6. The number of hydrogen-bond donors (Lipinski definition) is 1. The van der Waals surface area contributed by atoms with E-state index in [-0.39, 0.29) is 36.5 Å². The minimum Gasteiger partial charge on any atom is -0.507 e. The van der Waals surface area contributed by atoms with E-state index in [1.54, 1.807) is 21.3 Å². The molecule has 7 nitrogen and oxygen atoms in total. The zero-order chi connectivity index (χ0) is 25.6. The van der Waals surface area contributed by atoms with Crippen LogP contribution >= 0.6 is 0 Å². The largest absolute Gasteiger partial charge is 0.507 e. The SMILES string of the molecule is CCOC(=O)C1=C(c2cc(C)c(O)c(C)c2)C(C)N2C1=C1C=C(OC)C(OC)C(OC)C1=CC2C. The third-order valence-electron chi connectivity index (χ3n) is 7.20. The lowest BCUT2D eigenvalue weighted by atomic mass is 9.83. The molecule has 188 valence electrons. The minimum absolute atomic E-state index is 0.00682. The average Bonchev–Trinajstić information content (AvgIpc) is 3.15. The van der Waals surface area contributed by atoms with Crippen molar-refractivity contribution in [2.24, 2.45) is 0 Å². The van der Waals surface area contributed by atoms with E-state index in [4.69, 9.17) is 18.9 Å². The zero-order valence-corrected chi connectivity index (χ0v) is 21.8. The summed E-state index contributed by atoms with van der Waals surface area (Å²) in [6.07, 6.45) is 3.35. The van der Waals surface area contributed by atoms with E-state index in [9.17, 15) is 9.90 Å². The Balaban J connectivity index is 2.07. The molecule has 1 N–H and O–H groups in total. The molecule has 3 aliphatic rings. The topological polar surface area (TPSA) is 77.5 Å². The molecular weight excluding hydrogens is 446 g/mol. The third kappa shape index (κ3) is 3.87. The van der Waals surface area contributed by atoms with Crippen molar-refractivity contribution in [3.8, 4) is 5.75 Å². The van der Waals surface area contributed by atoms with Crippen LogP contribution in [0.25, 0.3) is 5.57 Å². The summed E-state index contributed by atoms with van der Waals surface area (Å²) in [4.78, 5) is 15.8. The molecule has 0 aromatic heterocycles. The van der Waals surface area contributed by atoms with Crippen LogP contribution in [0.15, 0.2) is 52.5 Å². The predicted molar refractivity (Wildman–Crippen MR) is 134 cm³/mol. The van der Waals surface area contributed by atoms with Gasteiger partial charge in [0.25, 0.3) is 0 Å². The second kappa shape index (κ2) is 9.55. The number of ether oxygens (including phenoxy) is 4. The van der Waals surface area contributed by atoms with Gasteiger partial charge in [0.1, 0.15) is 23.7 Å². The van der Waals surface area contributed by atoms with E-state index in [1.165, 1.54) is 0 Å². The molecule has 4 rings (SSSR count). The molecule has 2 heterocycles. The Morgan fingerprint density at radius 2 is 1.69 bits per heavy atom. The van der Waals surface area contributed by atoms with Crippen LogP contribution in [-0.4, -0.2) is 68.2 Å². The third-order valence-corrected chi connectivity index (χ3v) is 7.20. The molecule has 1 aliphatic carbocycles. The molecule has 2 aliphatic heterocycles. The van der Waals surface area contributed by atoms with Gasteiger partial charge >= 0.3 is 5.97 Å². The summed E-state index contributed by atoms with van der Waals surface area (Å²) in [6, 6.07) is 3.76. The number of nitrogens with zero attached hydrogens (tertiary/aromatic N) is 1. The van der Waals surface area contributed by atoms with Crippen LogP contribution < -0.4 is 0 Å². The van der Waals surface area contributed by atoms with Gasteiger partial charge in [-0.3, -0.25) is 0 Å². The summed E-state index contributed by atoms with van der Waals surface area (Å²) in [6.45, 7) is 10.0. The van der Waals surface area contributed by atoms with Crippen molar-refractivity contribution in [2.45, 2.75) is 58.9 Å². The fourth-order valence-electron chi connectivity index (χ4n) is 5.70. The van der Waals surface area contributed by atoms with Crippen molar-refractivity contribution in [1.29, 1.82) is 0 Å². The molecule has 1 aromatic carbocycles. The monoisotopic (exact) mass is 481 g/mol. The number of methoxy groups -OCH3 is 3. The quantitative estimate of drug-likeness (QED) is 0.611.